The van der Waals surface area contributed by atoms with Gasteiger partial charge in [-0.05, 0) is 18.4 Å². The molecule has 0 saturated heterocycles. The summed E-state index contributed by atoms with van der Waals surface area (Å²) >= 11 is 1.23. The Bertz CT molecular complexity index is 767. The van der Waals surface area contributed by atoms with Crippen molar-refractivity contribution in [3.8, 4) is 0 Å². The molecule has 2 rings (SSSR count). The quantitative estimate of drug-likeness (QED) is 0.269. The zero-order chi connectivity index (χ0) is 18.2. The van der Waals surface area contributed by atoms with Gasteiger partial charge in [0.1, 0.15) is 5.69 Å². The summed E-state index contributed by atoms with van der Waals surface area (Å²) in [6, 6.07) is 9.67. The van der Waals surface area contributed by atoms with Crippen LogP contribution < -0.4 is 17.2 Å². The molecule has 1 aromatic carbocycles. The number of rotatable bonds is 9. The van der Waals surface area contributed by atoms with Crippen LogP contribution in [0.15, 0.2) is 35.3 Å². The van der Waals surface area contributed by atoms with Gasteiger partial charge in [-0.25, -0.2) is 4.98 Å². The number of carbonyl (C=O) groups excluding carboxylic acids is 2. The molecule has 0 unspecified atom stereocenters. The number of aliphatic imine (C=N–C) groups is 1. The van der Waals surface area contributed by atoms with E-state index in [9.17, 15) is 9.59 Å². The number of unbranched alkanes of at least 4 members (excludes halogenated alkanes) is 1. The lowest BCUT2D eigenvalue weighted by molar-refractivity contribution is 0.0979. The number of benzene rings is 1. The molecule has 0 fully saturated rings. The van der Waals surface area contributed by atoms with Crippen LogP contribution in [0.2, 0.25) is 0 Å². The molecule has 8 heteroatoms. The fourth-order valence-corrected chi connectivity index (χ4v) is 3.35. The third-order valence-electron chi connectivity index (χ3n) is 3.48. The molecule has 132 valence electrons. The number of nitrogens with zero attached hydrogens (tertiary/aromatic N) is 2. The van der Waals surface area contributed by atoms with Crippen molar-refractivity contribution in [2.75, 3.05) is 6.54 Å². The first-order valence-electron chi connectivity index (χ1n) is 7.89. The van der Waals surface area contributed by atoms with Gasteiger partial charge in [-0.2, -0.15) is 0 Å². The number of ketones is 1. The van der Waals surface area contributed by atoms with Crippen LogP contribution in [0.5, 0.6) is 0 Å². The Morgan fingerprint density at radius 3 is 2.44 bits per heavy atom. The van der Waals surface area contributed by atoms with Crippen LogP contribution in [0.4, 0.5) is 0 Å². The maximum Gasteiger partial charge on any atom is 0.268 e. The topological polar surface area (TPSA) is 137 Å². The number of amides is 1. The first-order valence-corrected chi connectivity index (χ1v) is 8.71. The fraction of sp³-hybridized carbons (Fsp3) is 0.294. The van der Waals surface area contributed by atoms with Crippen molar-refractivity contribution in [1.82, 2.24) is 4.98 Å². The highest BCUT2D eigenvalue weighted by atomic mass is 32.1. The van der Waals surface area contributed by atoms with Gasteiger partial charge < -0.3 is 17.2 Å². The summed E-state index contributed by atoms with van der Waals surface area (Å²) in [4.78, 5) is 32.7. The van der Waals surface area contributed by atoms with Gasteiger partial charge in [0.15, 0.2) is 16.8 Å². The second-order valence-corrected chi connectivity index (χ2v) is 6.59. The maximum absolute atomic E-state index is 12.3. The number of Topliss-reactive ketones (excluding diaryl/α,β-unsaturated/α-hetero) is 1. The minimum absolute atomic E-state index is 0.0444. The van der Waals surface area contributed by atoms with Gasteiger partial charge in [0, 0.05) is 24.3 Å². The van der Waals surface area contributed by atoms with Gasteiger partial charge in [-0.15, -0.1) is 11.3 Å². The standard InChI is InChI=1S/C17H21N5O2S/c18-15(24)14-13(10-11-6-2-1-3-7-11)25-16(22-14)12(23)8-4-5-9-21-17(19)20/h1-3,6-7H,4-5,8-10H2,(H2,18,24)(H4,19,20,21). The Morgan fingerprint density at radius 2 is 1.80 bits per heavy atom. The van der Waals surface area contributed by atoms with E-state index in [-0.39, 0.29) is 17.4 Å². The Kier molecular flexibility index (Phi) is 6.64. The molecule has 0 spiro atoms. The SMILES string of the molecule is NC(=O)c1nc(C(=O)CCCCN=C(N)N)sc1Cc1ccccc1. The van der Waals surface area contributed by atoms with E-state index in [1.807, 2.05) is 30.3 Å². The summed E-state index contributed by atoms with van der Waals surface area (Å²) < 4.78 is 0. The van der Waals surface area contributed by atoms with Crippen LogP contribution in [-0.2, 0) is 6.42 Å². The smallest absolute Gasteiger partial charge is 0.268 e. The lowest BCUT2D eigenvalue weighted by Gasteiger charge is -1.99. The van der Waals surface area contributed by atoms with Gasteiger partial charge >= 0.3 is 0 Å². The molecular weight excluding hydrogens is 338 g/mol. The molecule has 0 saturated carbocycles. The monoisotopic (exact) mass is 359 g/mol. The highest BCUT2D eigenvalue weighted by Gasteiger charge is 2.19. The average Bonchev–Trinajstić information content (AvgIpc) is 2.99. The molecule has 0 atom stereocenters. The van der Waals surface area contributed by atoms with Crippen LogP contribution in [-0.4, -0.2) is 29.2 Å². The van der Waals surface area contributed by atoms with Crippen molar-refractivity contribution in [2.45, 2.75) is 25.7 Å². The number of thiazole rings is 1. The van der Waals surface area contributed by atoms with E-state index in [1.54, 1.807) is 0 Å². The highest BCUT2D eigenvalue weighted by molar-refractivity contribution is 7.14. The van der Waals surface area contributed by atoms with Gasteiger partial charge in [0.2, 0.25) is 0 Å². The molecule has 6 N–H and O–H groups in total. The van der Waals surface area contributed by atoms with Gasteiger partial charge in [0.25, 0.3) is 5.91 Å². The Hall–Kier alpha value is -2.74. The van der Waals surface area contributed by atoms with E-state index in [0.717, 1.165) is 5.56 Å². The molecule has 7 nitrogen and oxygen atoms in total. The molecule has 0 aliphatic heterocycles. The zero-order valence-electron chi connectivity index (χ0n) is 13.8. The van der Waals surface area contributed by atoms with Crippen LogP contribution >= 0.6 is 11.3 Å². The fourth-order valence-electron chi connectivity index (χ4n) is 2.28. The number of hydrogen-bond acceptors (Lipinski definition) is 5. The predicted molar refractivity (Wildman–Crippen MR) is 98.7 cm³/mol. The number of carbonyl (C=O) groups is 2. The van der Waals surface area contributed by atoms with E-state index in [0.29, 0.717) is 42.1 Å². The van der Waals surface area contributed by atoms with Crippen LogP contribution in [0.1, 0.15) is 50.0 Å². The zero-order valence-corrected chi connectivity index (χ0v) is 14.6. The predicted octanol–water partition coefficient (Wildman–Crippen LogP) is 1.46. The third-order valence-corrected chi connectivity index (χ3v) is 4.58. The minimum atomic E-state index is -0.617. The van der Waals surface area contributed by atoms with E-state index in [1.165, 1.54) is 11.3 Å². The summed E-state index contributed by atoms with van der Waals surface area (Å²) in [7, 11) is 0. The lowest BCUT2D eigenvalue weighted by atomic mass is 10.1. The summed E-state index contributed by atoms with van der Waals surface area (Å²) in [5.41, 5.74) is 17.1. The maximum atomic E-state index is 12.3. The number of primary amides is 1. The molecule has 1 heterocycles. The lowest BCUT2D eigenvalue weighted by Crippen LogP contribution is -2.22. The summed E-state index contributed by atoms with van der Waals surface area (Å²) in [6.45, 7) is 0.485. The number of aromatic nitrogens is 1. The Balaban J connectivity index is 2.03. The molecule has 2 aromatic rings. The summed E-state index contributed by atoms with van der Waals surface area (Å²) in [5.74, 6) is -0.673. The second-order valence-electron chi connectivity index (χ2n) is 5.50. The second kappa shape index (κ2) is 8.93. The van der Waals surface area contributed by atoms with Crippen LogP contribution in [0, 0.1) is 0 Å². The molecule has 0 bridgehead atoms. The Labute approximate surface area is 150 Å². The van der Waals surface area contributed by atoms with Crippen LogP contribution in [0.3, 0.4) is 0 Å². The van der Waals surface area contributed by atoms with Gasteiger partial charge in [0.05, 0.1) is 0 Å². The van der Waals surface area contributed by atoms with E-state index >= 15 is 0 Å². The first-order chi connectivity index (χ1) is 12.0. The van der Waals surface area contributed by atoms with E-state index < -0.39 is 5.91 Å². The number of hydrogen-bond donors (Lipinski definition) is 3. The highest BCUT2D eigenvalue weighted by Crippen LogP contribution is 2.23. The molecule has 25 heavy (non-hydrogen) atoms. The molecule has 1 amide bonds. The third kappa shape index (κ3) is 5.68. The van der Waals surface area contributed by atoms with Crippen molar-refractivity contribution >= 4 is 29.0 Å². The molecule has 0 aliphatic rings. The van der Waals surface area contributed by atoms with E-state index in [4.69, 9.17) is 17.2 Å². The van der Waals surface area contributed by atoms with Crippen molar-refractivity contribution in [3.63, 3.8) is 0 Å². The molecule has 0 aliphatic carbocycles. The van der Waals surface area contributed by atoms with E-state index in [2.05, 4.69) is 9.98 Å². The number of nitrogens with two attached hydrogens (primary N) is 3. The number of guanidine groups is 1. The average molecular weight is 359 g/mol. The Morgan fingerprint density at radius 1 is 1.08 bits per heavy atom. The van der Waals surface area contributed by atoms with Gasteiger partial charge in [-0.3, -0.25) is 14.6 Å². The van der Waals surface area contributed by atoms with Crippen molar-refractivity contribution in [2.24, 2.45) is 22.2 Å². The summed E-state index contributed by atoms with van der Waals surface area (Å²) in [5, 5.41) is 0.321. The molecular formula is C17H21N5O2S. The normalized spacial score (nSPS) is 10.4. The summed E-state index contributed by atoms with van der Waals surface area (Å²) in [6.07, 6.45) is 2.20. The van der Waals surface area contributed by atoms with Crippen molar-refractivity contribution in [3.05, 3.63) is 51.5 Å². The first kappa shape index (κ1) is 18.6. The molecule has 1 aromatic heterocycles. The van der Waals surface area contributed by atoms with Crippen molar-refractivity contribution in [1.29, 1.82) is 0 Å². The van der Waals surface area contributed by atoms with Crippen LogP contribution in [0.25, 0.3) is 0 Å². The van der Waals surface area contributed by atoms with Gasteiger partial charge in [-0.1, -0.05) is 30.3 Å². The van der Waals surface area contributed by atoms with Crippen molar-refractivity contribution < 1.29 is 9.59 Å². The molecule has 0 radical (unpaired) electrons. The minimum Gasteiger partial charge on any atom is -0.370 e. The largest absolute Gasteiger partial charge is 0.370 e.